The van der Waals surface area contributed by atoms with Gasteiger partial charge >= 0.3 is 5.97 Å². The summed E-state index contributed by atoms with van der Waals surface area (Å²) in [5.41, 5.74) is 0.963. The zero-order valence-corrected chi connectivity index (χ0v) is 10.2. The number of phenolic OH excluding ortho intramolecular Hbond substituents is 1. The van der Waals surface area contributed by atoms with Crippen LogP contribution < -0.4 is 5.32 Å². The number of phenols is 1. The average molecular weight is 237 g/mol. The number of rotatable bonds is 6. The Bertz CT molecular complexity index is 361. The molecule has 0 aliphatic heterocycles. The SMILES string of the molecule is CCCC(NC(C)c1ccc(O)cc1)C(=O)O. The lowest BCUT2D eigenvalue weighted by atomic mass is 10.1. The molecule has 0 aliphatic rings. The van der Waals surface area contributed by atoms with E-state index < -0.39 is 12.0 Å². The predicted octanol–water partition coefficient (Wildman–Crippen LogP) is 2.30. The first-order valence-corrected chi connectivity index (χ1v) is 5.82. The normalized spacial score (nSPS) is 14.2. The fraction of sp³-hybridized carbons (Fsp3) is 0.462. The summed E-state index contributed by atoms with van der Waals surface area (Å²) in [5, 5.41) is 21.3. The van der Waals surface area contributed by atoms with Crippen LogP contribution in [0.15, 0.2) is 24.3 Å². The van der Waals surface area contributed by atoms with Gasteiger partial charge in [-0.1, -0.05) is 25.5 Å². The van der Waals surface area contributed by atoms with E-state index in [1.807, 2.05) is 13.8 Å². The summed E-state index contributed by atoms with van der Waals surface area (Å²) in [6.07, 6.45) is 1.43. The van der Waals surface area contributed by atoms with E-state index in [0.29, 0.717) is 6.42 Å². The Morgan fingerprint density at radius 1 is 1.35 bits per heavy atom. The van der Waals surface area contributed by atoms with Crippen LogP contribution in [0.5, 0.6) is 5.75 Å². The highest BCUT2D eigenvalue weighted by molar-refractivity contribution is 5.73. The van der Waals surface area contributed by atoms with E-state index in [1.54, 1.807) is 24.3 Å². The largest absolute Gasteiger partial charge is 0.508 e. The lowest BCUT2D eigenvalue weighted by molar-refractivity contribution is -0.139. The maximum absolute atomic E-state index is 11.0. The highest BCUT2D eigenvalue weighted by Gasteiger charge is 2.18. The summed E-state index contributed by atoms with van der Waals surface area (Å²) >= 11 is 0. The van der Waals surface area contributed by atoms with Crippen molar-refractivity contribution in [1.29, 1.82) is 0 Å². The van der Waals surface area contributed by atoms with Crippen LogP contribution in [-0.4, -0.2) is 22.2 Å². The molecule has 4 heteroatoms. The van der Waals surface area contributed by atoms with Gasteiger partial charge in [-0.15, -0.1) is 0 Å². The van der Waals surface area contributed by atoms with Crippen LogP contribution in [0.1, 0.15) is 38.3 Å². The molecule has 94 valence electrons. The van der Waals surface area contributed by atoms with E-state index in [0.717, 1.165) is 12.0 Å². The summed E-state index contributed by atoms with van der Waals surface area (Å²) in [4.78, 5) is 11.0. The molecule has 0 bridgehead atoms. The first kappa shape index (κ1) is 13.5. The van der Waals surface area contributed by atoms with E-state index >= 15 is 0 Å². The summed E-state index contributed by atoms with van der Waals surface area (Å²) in [7, 11) is 0. The molecule has 0 amide bonds. The second kappa shape index (κ2) is 6.25. The molecule has 2 atom stereocenters. The summed E-state index contributed by atoms with van der Waals surface area (Å²) < 4.78 is 0. The lowest BCUT2D eigenvalue weighted by Crippen LogP contribution is -2.38. The van der Waals surface area contributed by atoms with Gasteiger partial charge in [0.05, 0.1) is 0 Å². The van der Waals surface area contributed by atoms with E-state index in [-0.39, 0.29) is 11.8 Å². The maximum Gasteiger partial charge on any atom is 0.320 e. The van der Waals surface area contributed by atoms with Crippen LogP contribution in [0.3, 0.4) is 0 Å². The minimum Gasteiger partial charge on any atom is -0.508 e. The molecule has 0 aliphatic carbocycles. The van der Waals surface area contributed by atoms with Crippen molar-refractivity contribution in [2.45, 2.75) is 38.8 Å². The van der Waals surface area contributed by atoms with Crippen molar-refractivity contribution in [2.24, 2.45) is 0 Å². The Labute approximate surface area is 101 Å². The third-order valence-corrected chi connectivity index (χ3v) is 2.72. The number of carbonyl (C=O) groups is 1. The molecule has 1 rings (SSSR count). The van der Waals surface area contributed by atoms with Gasteiger partial charge in [0, 0.05) is 6.04 Å². The van der Waals surface area contributed by atoms with Gasteiger partial charge in [0.25, 0.3) is 0 Å². The van der Waals surface area contributed by atoms with Crippen LogP contribution >= 0.6 is 0 Å². The monoisotopic (exact) mass is 237 g/mol. The predicted molar refractivity (Wildman–Crippen MR) is 66.0 cm³/mol. The molecule has 0 aromatic heterocycles. The number of carboxylic acid groups (broad SMARTS) is 1. The van der Waals surface area contributed by atoms with Crippen LogP contribution in [0.4, 0.5) is 0 Å². The summed E-state index contributed by atoms with van der Waals surface area (Å²) in [6, 6.07) is 6.20. The molecule has 0 saturated heterocycles. The molecule has 1 aromatic rings. The van der Waals surface area contributed by atoms with Crippen molar-refractivity contribution in [3.63, 3.8) is 0 Å². The van der Waals surface area contributed by atoms with Gasteiger partial charge in [0.15, 0.2) is 0 Å². The molecule has 0 fully saturated rings. The molecule has 2 unspecified atom stereocenters. The molecular weight excluding hydrogens is 218 g/mol. The van der Waals surface area contributed by atoms with Crippen molar-refractivity contribution >= 4 is 5.97 Å². The van der Waals surface area contributed by atoms with Gasteiger partial charge in [-0.25, -0.2) is 0 Å². The number of hydrogen-bond donors (Lipinski definition) is 3. The number of carboxylic acids is 1. The zero-order valence-electron chi connectivity index (χ0n) is 10.2. The third kappa shape index (κ3) is 4.07. The zero-order chi connectivity index (χ0) is 12.8. The smallest absolute Gasteiger partial charge is 0.320 e. The Morgan fingerprint density at radius 3 is 2.41 bits per heavy atom. The number of benzene rings is 1. The maximum atomic E-state index is 11.0. The van der Waals surface area contributed by atoms with Crippen molar-refractivity contribution in [3.8, 4) is 5.75 Å². The molecule has 17 heavy (non-hydrogen) atoms. The van der Waals surface area contributed by atoms with Gasteiger partial charge < -0.3 is 10.2 Å². The Kier molecular flexibility index (Phi) is 4.97. The number of hydrogen-bond acceptors (Lipinski definition) is 3. The second-order valence-electron chi connectivity index (χ2n) is 4.16. The average Bonchev–Trinajstić information content (AvgIpc) is 2.29. The summed E-state index contributed by atoms with van der Waals surface area (Å²) in [6.45, 7) is 3.88. The highest BCUT2D eigenvalue weighted by Crippen LogP contribution is 2.17. The first-order chi connectivity index (χ1) is 8.04. The van der Waals surface area contributed by atoms with E-state index in [9.17, 15) is 9.90 Å². The fourth-order valence-corrected chi connectivity index (χ4v) is 1.73. The van der Waals surface area contributed by atoms with Gasteiger partial charge in [0.2, 0.25) is 0 Å². The van der Waals surface area contributed by atoms with Gasteiger partial charge in [-0.05, 0) is 31.0 Å². The molecule has 1 aromatic carbocycles. The van der Waals surface area contributed by atoms with Gasteiger partial charge in [-0.3, -0.25) is 10.1 Å². The molecule has 3 N–H and O–H groups in total. The van der Waals surface area contributed by atoms with Crippen LogP contribution in [0.25, 0.3) is 0 Å². The fourth-order valence-electron chi connectivity index (χ4n) is 1.73. The third-order valence-electron chi connectivity index (χ3n) is 2.72. The number of nitrogens with one attached hydrogen (secondary N) is 1. The Balaban J connectivity index is 2.66. The van der Waals surface area contributed by atoms with Crippen LogP contribution in [0, 0.1) is 0 Å². The number of aromatic hydroxyl groups is 1. The molecule has 0 heterocycles. The van der Waals surface area contributed by atoms with Gasteiger partial charge in [0.1, 0.15) is 11.8 Å². The van der Waals surface area contributed by atoms with Gasteiger partial charge in [-0.2, -0.15) is 0 Å². The van der Waals surface area contributed by atoms with Crippen molar-refractivity contribution in [3.05, 3.63) is 29.8 Å². The van der Waals surface area contributed by atoms with Crippen molar-refractivity contribution < 1.29 is 15.0 Å². The topological polar surface area (TPSA) is 69.6 Å². The van der Waals surface area contributed by atoms with E-state index in [4.69, 9.17) is 5.11 Å². The standard InChI is InChI=1S/C13H19NO3/c1-3-4-12(13(16)17)14-9(2)10-5-7-11(15)8-6-10/h5-9,12,14-15H,3-4H2,1-2H3,(H,16,17). The second-order valence-corrected chi connectivity index (χ2v) is 4.16. The Hall–Kier alpha value is -1.55. The van der Waals surface area contributed by atoms with Crippen molar-refractivity contribution in [1.82, 2.24) is 5.32 Å². The van der Waals surface area contributed by atoms with Crippen molar-refractivity contribution in [2.75, 3.05) is 0 Å². The highest BCUT2D eigenvalue weighted by atomic mass is 16.4. The number of aliphatic carboxylic acids is 1. The van der Waals surface area contributed by atoms with E-state index in [2.05, 4.69) is 5.32 Å². The van der Waals surface area contributed by atoms with Crippen LogP contribution in [0.2, 0.25) is 0 Å². The lowest BCUT2D eigenvalue weighted by Gasteiger charge is -2.20. The molecular formula is C13H19NO3. The molecule has 0 radical (unpaired) electrons. The quantitative estimate of drug-likeness (QED) is 0.710. The Morgan fingerprint density at radius 2 is 1.94 bits per heavy atom. The van der Waals surface area contributed by atoms with E-state index in [1.165, 1.54) is 0 Å². The first-order valence-electron chi connectivity index (χ1n) is 5.82. The molecule has 0 spiro atoms. The minimum absolute atomic E-state index is 0.0525. The molecule has 0 saturated carbocycles. The summed E-state index contributed by atoms with van der Waals surface area (Å²) in [5.74, 6) is -0.609. The molecule has 4 nitrogen and oxygen atoms in total. The van der Waals surface area contributed by atoms with Crippen LogP contribution in [-0.2, 0) is 4.79 Å². The minimum atomic E-state index is -0.822.